The second kappa shape index (κ2) is 6.10. The maximum atomic E-state index is 5.24. The van der Waals surface area contributed by atoms with Crippen molar-refractivity contribution in [2.45, 2.75) is 23.6 Å². The molecule has 0 spiro atoms. The minimum Gasteiger partial charge on any atom is -0.467 e. The average molecular weight is 308 g/mol. The molecule has 0 unspecified atom stereocenters. The molecule has 0 aliphatic carbocycles. The first-order valence-electron chi connectivity index (χ1n) is 5.94. The van der Waals surface area contributed by atoms with Gasteiger partial charge in [-0.2, -0.15) is 0 Å². The molecular formula is C12H12N4O2S2. The third kappa shape index (κ3) is 3.40. The number of nitrogens with zero attached hydrogens (tertiary/aromatic N) is 3. The normalized spacial score (nSPS) is 10.8. The van der Waals surface area contributed by atoms with Crippen LogP contribution in [0.1, 0.15) is 17.2 Å². The Labute approximate surface area is 123 Å². The molecule has 6 nitrogen and oxygen atoms in total. The quantitative estimate of drug-likeness (QED) is 0.700. The smallest absolute Gasteiger partial charge is 0.206 e. The second-order valence-corrected chi connectivity index (χ2v) is 6.22. The number of hydrogen-bond donors (Lipinski definition) is 1. The van der Waals surface area contributed by atoms with E-state index in [1.807, 2.05) is 25.1 Å². The number of furan rings is 1. The van der Waals surface area contributed by atoms with E-state index >= 15 is 0 Å². The summed E-state index contributed by atoms with van der Waals surface area (Å²) in [5.41, 5.74) is 0.910. The summed E-state index contributed by atoms with van der Waals surface area (Å²) in [7, 11) is 0. The van der Waals surface area contributed by atoms with Gasteiger partial charge in [0.25, 0.3) is 0 Å². The number of nitrogens with one attached hydrogen (secondary N) is 1. The van der Waals surface area contributed by atoms with E-state index in [1.54, 1.807) is 18.0 Å². The van der Waals surface area contributed by atoms with Crippen molar-refractivity contribution < 1.29 is 8.94 Å². The van der Waals surface area contributed by atoms with Crippen molar-refractivity contribution in [3.05, 3.63) is 41.7 Å². The highest BCUT2D eigenvalue weighted by Gasteiger charge is 2.07. The van der Waals surface area contributed by atoms with Gasteiger partial charge in [-0.15, -0.1) is 10.2 Å². The molecule has 104 valence electrons. The van der Waals surface area contributed by atoms with Gasteiger partial charge in [-0.05, 0) is 19.1 Å². The van der Waals surface area contributed by atoms with Crippen LogP contribution in [0.15, 0.2) is 37.7 Å². The Hall–Kier alpha value is -1.80. The van der Waals surface area contributed by atoms with Gasteiger partial charge in [0.1, 0.15) is 11.5 Å². The van der Waals surface area contributed by atoms with Crippen molar-refractivity contribution in [3.8, 4) is 0 Å². The molecule has 0 aliphatic rings. The second-order valence-electron chi connectivity index (χ2n) is 4.02. The molecule has 0 fully saturated rings. The molecule has 0 aliphatic heterocycles. The van der Waals surface area contributed by atoms with E-state index < -0.39 is 0 Å². The predicted molar refractivity (Wildman–Crippen MR) is 76.7 cm³/mol. The Kier molecular flexibility index (Phi) is 4.03. The standard InChI is InChI=1S/C12H12N4O2S2/c1-8-5-9(16-18-8)7-19-12-15-14-11(20-12)13-6-10-3-2-4-17-10/h2-5H,6-7H2,1H3,(H,13,14). The average Bonchev–Trinajstić information content (AvgIpc) is 3.16. The van der Waals surface area contributed by atoms with Gasteiger partial charge in [-0.25, -0.2) is 0 Å². The molecule has 3 heterocycles. The summed E-state index contributed by atoms with van der Waals surface area (Å²) in [6, 6.07) is 5.69. The van der Waals surface area contributed by atoms with E-state index in [4.69, 9.17) is 8.94 Å². The van der Waals surface area contributed by atoms with Gasteiger partial charge in [-0.3, -0.25) is 0 Å². The van der Waals surface area contributed by atoms with Crippen molar-refractivity contribution in [1.82, 2.24) is 15.4 Å². The number of thioether (sulfide) groups is 1. The van der Waals surface area contributed by atoms with E-state index in [-0.39, 0.29) is 0 Å². The number of aromatic nitrogens is 3. The first-order chi connectivity index (χ1) is 9.79. The zero-order valence-corrected chi connectivity index (χ0v) is 12.3. The Morgan fingerprint density at radius 2 is 2.35 bits per heavy atom. The molecule has 3 aromatic heterocycles. The fourth-order valence-electron chi connectivity index (χ4n) is 1.54. The van der Waals surface area contributed by atoms with E-state index in [2.05, 4.69) is 20.7 Å². The number of aryl methyl sites for hydroxylation is 1. The Bertz CT molecular complexity index is 663. The highest BCUT2D eigenvalue weighted by molar-refractivity contribution is 8.00. The summed E-state index contributed by atoms with van der Waals surface area (Å²) in [5, 5.41) is 16.1. The third-order valence-electron chi connectivity index (χ3n) is 2.42. The molecule has 0 bridgehead atoms. The zero-order chi connectivity index (χ0) is 13.8. The van der Waals surface area contributed by atoms with Crippen LogP contribution in [-0.2, 0) is 12.3 Å². The van der Waals surface area contributed by atoms with Crippen molar-refractivity contribution in [3.63, 3.8) is 0 Å². The Morgan fingerprint density at radius 3 is 3.10 bits per heavy atom. The van der Waals surface area contributed by atoms with Crippen molar-refractivity contribution in [2.24, 2.45) is 0 Å². The molecule has 1 N–H and O–H groups in total. The lowest BCUT2D eigenvalue weighted by molar-refractivity contribution is 0.393. The number of rotatable bonds is 6. The van der Waals surface area contributed by atoms with E-state index in [0.717, 1.165) is 32.4 Å². The molecule has 8 heteroatoms. The zero-order valence-electron chi connectivity index (χ0n) is 10.7. The molecule has 3 aromatic rings. The van der Waals surface area contributed by atoms with Crippen LogP contribution in [0.4, 0.5) is 5.13 Å². The van der Waals surface area contributed by atoms with Crippen LogP contribution in [0, 0.1) is 6.92 Å². The topological polar surface area (TPSA) is 77.0 Å². The van der Waals surface area contributed by atoms with Gasteiger partial charge >= 0.3 is 0 Å². The SMILES string of the molecule is Cc1cc(CSc2nnc(NCc3ccco3)s2)no1. The number of hydrogen-bond acceptors (Lipinski definition) is 8. The van der Waals surface area contributed by atoms with Crippen LogP contribution in [0.25, 0.3) is 0 Å². The van der Waals surface area contributed by atoms with Gasteiger partial charge < -0.3 is 14.3 Å². The van der Waals surface area contributed by atoms with Gasteiger partial charge in [-0.1, -0.05) is 28.3 Å². The molecule has 0 amide bonds. The Balaban J connectivity index is 1.51. The van der Waals surface area contributed by atoms with Crippen LogP contribution >= 0.6 is 23.1 Å². The molecule has 0 radical (unpaired) electrons. The lowest BCUT2D eigenvalue weighted by atomic mass is 10.4. The minimum absolute atomic E-state index is 0.606. The van der Waals surface area contributed by atoms with Gasteiger partial charge in [0.2, 0.25) is 5.13 Å². The van der Waals surface area contributed by atoms with Crippen LogP contribution in [-0.4, -0.2) is 15.4 Å². The van der Waals surface area contributed by atoms with Gasteiger partial charge in [0, 0.05) is 11.8 Å². The Morgan fingerprint density at radius 1 is 1.40 bits per heavy atom. The number of anilines is 1. The molecule has 0 atom stereocenters. The molecule has 0 saturated heterocycles. The fourth-order valence-corrected chi connectivity index (χ4v) is 3.17. The summed E-state index contributed by atoms with van der Waals surface area (Å²) < 4.78 is 11.2. The third-order valence-corrected chi connectivity index (χ3v) is 4.47. The van der Waals surface area contributed by atoms with E-state index in [0.29, 0.717) is 6.54 Å². The summed E-state index contributed by atoms with van der Waals surface area (Å²) >= 11 is 3.10. The summed E-state index contributed by atoms with van der Waals surface area (Å²) in [6.07, 6.45) is 1.65. The maximum Gasteiger partial charge on any atom is 0.206 e. The summed E-state index contributed by atoms with van der Waals surface area (Å²) in [5.74, 6) is 2.41. The van der Waals surface area contributed by atoms with Gasteiger partial charge in [0.15, 0.2) is 4.34 Å². The van der Waals surface area contributed by atoms with Crippen LogP contribution in [0.5, 0.6) is 0 Å². The maximum absolute atomic E-state index is 5.24. The largest absolute Gasteiger partial charge is 0.467 e. The van der Waals surface area contributed by atoms with Crippen LogP contribution in [0.3, 0.4) is 0 Å². The van der Waals surface area contributed by atoms with Crippen molar-refractivity contribution in [1.29, 1.82) is 0 Å². The highest BCUT2D eigenvalue weighted by Crippen LogP contribution is 2.28. The molecule has 20 heavy (non-hydrogen) atoms. The highest BCUT2D eigenvalue weighted by atomic mass is 32.2. The minimum atomic E-state index is 0.606. The van der Waals surface area contributed by atoms with E-state index in [1.165, 1.54) is 11.3 Å². The van der Waals surface area contributed by atoms with Crippen molar-refractivity contribution in [2.75, 3.05) is 5.32 Å². The summed E-state index contributed by atoms with van der Waals surface area (Å²) in [4.78, 5) is 0. The first-order valence-corrected chi connectivity index (χ1v) is 7.74. The summed E-state index contributed by atoms with van der Waals surface area (Å²) in [6.45, 7) is 2.48. The van der Waals surface area contributed by atoms with E-state index in [9.17, 15) is 0 Å². The van der Waals surface area contributed by atoms with Gasteiger partial charge in [0.05, 0.1) is 18.5 Å². The lowest BCUT2D eigenvalue weighted by Crippen LogP contribution is -1.96. The molecular weight excluding hydrogens is 296 g/mol. The lowest BCUT2D eigenvalue weighted by Gasteiger charge is -1.96. The van der Waals surface area contributed by atoms with Crippen molar-refractivity contribution >= 4 is 28.2 Å². The van der Waals surface area contributed by atoms with Crippen LogP contribution < -0.4 is 5.32 Å². The molecule has 0 aromatic carbocycles. The molecule has 3 rings (SSSR count). The molecule has 0 saturated carbocycles. The fraction of sp³-hybridized carbons (Fsp3) is 0.250. The monoisotopic (exact) mass is 308 g/mol. The van der Waals surface area contributed by atoms with Crippen LogP contribution in [0.2, 0.25) is 0 Å². The first kappa shape index (κ1) is 13.2. The predicted octanol–water partition coefficient (Wildman–Crippen LogP) is 3.33.